The van der Waals surface area contributed by atoms with Crippen LogP contribution in [0, 0.1) is 13.8 Å². The van der Waals surface area contributed by atoms with Gasteiger partial charge in [0.15, 0.2) is 5.13 Å². The number of para-hydroxylation sites is 1. The number of carbonyl (C=O) groups is 1. The lowest BCUT2D eigenvalue weighted by atomic mass is 10.1. The van der Waals surface area contributed by atoms with Crippen LogP contribution in [-0.2, 0) is 6.54 Å². The first kappa shape index (κ1) is 18.5. The van der Waals surface area contributed by atoms with Crippen LogP contribution in [0.5, 0.6) is 0 Å². The van der Waals surface area contributed by atoms with E-state index in [2.05, 4.69) is 35.9 Å². The standard InChI is InChI=1S/C24H20N4OS/c1-15-10-16(2)22-21(11-15)27-24(30-22)28(14-17-6-5-9-25-12-17)23(29)19-13-26-20-8-4-3-7-18(19)20/h3-13,26H,14H2,1-2H3. The molecule has 0 spiro atoms. The maximum Gasteiger partial charge on any atom is 0.262 e. The topological polar surface area (TPSA) is 61.9 Å². The summed E-state index contributed by atoms with van der Waals surface area (Å²) in [6.45, 7) is 4.56. The highest BCUT2D eigenvalue weighted by atomic mass is 32.1. The van der Waals surface area contributed by atoms with E-state index in [1.54, 1.807) is 34.8 Å². The smallest absolute Gasteiger partial charge is 0.262 e. The van der Waals surface area contributed by atoms with Crippen LogP contribution in [0.25, 0.3) is 21.1 Å². The van der Waals surface area contributed by atoms with Crippen LogP contribution in [0.2, 0.25) is 0 Å². The number of nitrogens with one attached hydrogen (secondary N) is 1. The Kier molecular flexibility index (Phi) is 4.56. The van der Waals surface area contributed by atoms with Gasteiger partial charge in [0.2, 0.25) is 0 Å². The minimum absolute atomic E-state index is 0.0789. The highest BCUT2D eigenvalue weighted by molar-refractivity contribution is 7.22. The van der Waals surface area contributed by atoms with Gasteiger partial charge in [-0.05, 0) is 48.7 Å². The summed E-state index contributed by atoms with van der Waals surface area (Å²) < 4.78 is 1.11. The number of amides is 1. The third-order valence-electron chi connectivity index (χ3n) is 5.17. The first-order valence-corrected chi connectivity index (χ1v) is 10.6. The summed E-state index contributed by atoms with van der Waals surface area (Å²) in [5.41, 5.74) is 5.81. The summed E-state index contributed by atoms with van der Waals surface area (Å²) in [6, 6.07) is 15.9. The second-order valence-corrected chi connectivity index (χ2v) is 8.40. The fraction of sp³-hybridized carbons (Fsp3) is 0.125. The quantitative estimate of drug-likeness (QED) is 0.416. The van der Waals surface area contributed by atoms with E-state index in [1.165, 1.54) is 11.1 Å². The predicted octanol–water partition coefficient (Wildman–Crippen LogP) is 5.64. The molecule has 0 radical (unpaired) electrons. The Bertz CT molecular complexity index is 1370. The molecule has 0 atom stereocenters. The van der Waals surface area contributed by atoms with Gasteiger partial charge in [0, 0.05) is 29.5 Å². The number of carbonyl (C=O) groups excluding carboxylic acids is 1. The average Bonchev–Trinajstić information content (AvgIpc) is 3.37. The first-order valence-electron chi connectivity index (χ1n) is 9.75. The molecule has 5 nitrogen and oxygen atoms in total. The van der Waals surface area contributed by atoms with Gasteiger partial charge in [-0.15, -0.1) is 0 Å². The predicted molar refractivity (Wildman–Crippen MR) is 122 cm³/mol. The number of aromatic nitrogens is 3. The molecule has 1 N–H and O–H groups in total. The van der Waals surface area contributed by atoms with Crippen LogP contribution in [-0.4, -0.2) is 20.9 Å². The van der Waals surface area contributed by atoms with Crippen LogP contribution in [0.3, 0.4) is 0 Å². The minimum atomic E-state index is -0.0789. The summed E-state index contributed by atoms with van der Waals surface area (Å²) in [5.74, 6) is -0.0789. The van der Waals surface area contributed by atoms with Gasteiger partial charge in [0.05, 0.1) is 22.3 Å². The van der Waals surface area contributed by atoms with E-state index in [0.29, 0.717) is 17.2 Å². The van der Waals surface area contributed by atoms with E-state index in [-0.39, 0.29) is 5.91 Å². The van der Waals surface area contributed by atoms with E-state index in [0.717, 1.165) is 26.7 Å². The molecular formula is C24H20N4OS. The van der Waals surface area contributed by atoms with Crippen molar-refractivity contribution in [2.24, 2.45) is 0 Å². The van der Waals surface area contributed by atoms with Gasteiger partial charge in [-0.25, -0.2) is 4.98 Å². The number of nitrogens with zero attached hydrogens (tertiary/aromatic N) is 3. The highest BCUT2D eigenvalue weighted by Crippen LogP contribution is 2.34. The van der Waals surface area contributed by atoms with Crippen molar-refractivity contribution < 1.29 is 4.79 Å². The number of rotatable bonds is 4. The number of aryl methyl sites for hydroxylation is 2. The van der Waals surface area contributed by atoms with Gasteiger partial charge in [-0.2, -0.15) is 0 Å². The van der Waals surface area contributed by atoms with Gasteiger partial charge in [0.25, 0.3) is 5.91 Å². The van der Waals surface area contributed by atoms with Gasteiger partial charge in [-0.1, -0.05) is 41.7 Å². The molecule has 0 unspecified atom stereocenters. The fourth-order valence-electron chi connectivity index (χ4n) is 3.77. The van der Waals surface area contributed by atoms with Crippen molar-refractivity contribution in [2.45, 2.75) is 20.4 Å². The monoisotopic (exact) mass is 412 g/mol. The molecule has 0 aliphatic heterocycles. The van der Waals surface area contributed by atoms with Crippen LogP contribution >= 0.6 is 11.3 Å². The zero-order valence-corrected chi connectivity index (χ0v) is 17.5. The Morgan fingerprint density at radius 3 is 2.83 bits per heavy atom. The van der Waals surface area contributed by atoms with Crippen molar-refractivity contribution in [3.8, 4) is 0 Å². The molecule has 0 aliphatic carbocycles. The molecule has 0 saturated carbocycles. The second kappa shape index (κ2) is 7.39. The van der Waals surface area contributed by atoms with E-state index < -0.39 is 0 Å². The second-order valence-electron chi connectivity index (χ2n) is 7.43. The summed E-state index contributed by atoms with van der Waals surface area (Å²) in [6.07, 6.45) is 5.31. The Hall–Kier alpha value is -3.51. The lowest BCUT2D eigenvalue weighted by Gasteiger charge is -2.19. The Labute approximate surface area is 178 Å². The maximum atomic E-state index is 13.7. The molecule has 0 aliphatic rings. The molecule has 3 aromatic heterocycles. The number of benzene rings is 2. The summed E-state index contributed by atoms with van der Waals surface area (Å²) in [5, 5.41) is 1.60. The van der Waals surface area contributed by atoms with Gasteiger partial charge >= 0.3 is 0 Å². The number of anilines is 1. The van der Waals surface area contributed by atoms with Crippen molar-refractivity contribution in [2.75, 3.05) is 4.90 Å². The molecule has 5 rings (SSSR count). The minimum Gasteiger partial charge on any atom is -0.360 e. The number of aromatic amines is 1. The van der Waals surface area contributed by atoms with Gasteiger partial charge in [-0.3, -0.25) is 14.7 Å². The lowest BCUT2D eigenvalue weighted by molar-refractivity contribution is 0.0986. The molecule has 3 heterocycles. The third kappa shape index (κ3) is 3.25. The van der Waals surface area contributed by atoms with Crippen LogP contribution < -0.4 is 4.90 Å². The zero-order valence-electron chi connectivity index (χ0n) is 16.7. The molecule has 148 valence electrons. The molecule has 2 aromatic carbocycles. The Morgan fingerprint density at radius 2 is 2.00 bits per heavy atom. The van der Waals surface area contributed by atoms with Crippen molar-refractivity contribution in [3.63, 3.8) is 0 Å². The number of H-pyrrole nitrogens is 1. The number of thiazole rings is 1. The molecule has 1 amide bonds. The lowest BCUT2D eigenvalue weighted by Crippen LogP contribution is -2.30. The summed E-state index contributed by atoms with van der Waals surface area (Å²) >= 11 is 1.55. The molecule has 0 fully saturated rings. The molecule has 6 heteroatoms. The molecule has 30 heavy (non-hydrogen) atoms. The fourth-order valence-corrected chi connectivity index (χ4v) is 4.79. The SMILES string of the molecule is Cc1cc(C)c2sc(N(Cc3cccnc3)C(=O)c3c[nH]c4ccccc34)nc2c1. The van der Waals surface area contributed by atoms with E-state index in [4.69, 9.17) is 4.98 Å². The van der Waals surface area contributed by atoms with Gasteiger partial charge < -0.3 is 4.98 Å². The average molecular weight is 413 g/mol. The van der Waals surface area contributed by atoms with Crippen LogP contribution in [0.15, 0.2) is 67.1 Å². The molecule has 0 saturated heterocycles. The van der Waals surface area contributed by atoms with E-state index in [9.17, 15) is 4.79 Å². The van der Waals surface area contributed by atoms with Crippen LogP contribution in [0.4, 0.5) is 5.13 Å². The zero-order chi connectivity index (χ0) is 20.7. The molecule has 0 bridgehead atoms. The third-order valence-corrected chi connectivity index (χ3v) is 6.40. The van der Waals surface area contributed by atoms with Crippen molar-refractivity contribution in [1.82, 2.24) is 15.0 Å². The maximum absolute atomic E-state index is 13.7. The number of hydrogen-bond acceptors (Lipinski definition) is 4. The van der Waals surface area contributed by atoms with Crippen LogP contribution in [0.1, 0.15) is 27.0 Å². The largest absolute Gasteiger partial charge is 0.360 e. The van der Waals surface area contributed by atoms with Crippen molar-refractivity contribution in [3.05, 3.63) is 89.4 Å². The van der Waals surface area contributed by atoms with Gasteiger partial charge in [0.1, 0.15) is 0 Å². The normalized spacial score (nSPS) is 11.3. The van der Waals surface area contributed by atoms with E-state index in [1.807, 2.05) is 36.4 Å². The first-order chi connectivity index (χ1) is 14.6. The number of fused-ring (bicyclic) bond motifs is 2. The number of hydrogen-bond donors (Lipinski definition) is 1. The molecular weight excluding hydrogens is 392 g/mol. The number of pyridine rings is 1. The Balaban J connectivity index is 1.63. The highest BCUT2D eigenvalue weighted by Gasteiger charge is 2.24. The van der Waals surface area contributed by atoms with E-state index >= 15 is 0 Å². The van der Waals surface area contributed by atoms with Crippen molar-refractivity contribution >= 4 is 43.5 Å². The van der Waals surface area contributed by atoms with Crippen molar-refractivity contribution in [1.29, 1.82) is 0 Å². The Morgan fingerprint density at radius 1 is 1.13 bits per heavy atom. The summed E-state index contributed by atoms with van der Waals surface area (Å²) in [4.78, 5) is 27.7. The summed E-state index contributed by atoms with van der Waals surface area (Å²) in [7, 11) is 0. The molecule has 5 aromatic rings.